The van der Waals surface area contributed by atoms with E-state index in [-0.39, 0.29) is 5.91 Å². The molecule has 5 nitrogen and oxygen atoms in total. The molecule has 0 saturated heterocycles. The summed E-state index contributed by atoms with van der Waals surface area (Å²) in [6.07, 6.45) is 2.60. The van der Waals surface area contributed by atoms with E-state index in [0.29, 0.717) is 12.2 Å². The topological polar surface area (TPSA) is 79.3 Å². The largest absolute Gasteiger partial charge is 0.478 e. The summed E-state index contributed by atoms with van der Waals surface area (Å²) >= 11 is 2.89. The van der Waals surface area contributed by atoms with Gasteiger partial charge in [0.25, 0.3) is 5.91 Å². The van der Waals surface area contributed by atoms with E-state index in [0.717, 1.165) is 21.5 Å². The molecule has 0 atom stereocenters. The second-order valence-corrected chi connectivity index (χ2v) is 5.97. The minimum atomic E-state index is -0.996. The number of hydrogen-bond acceptors (Lipinski definition) is 5. The molecule has 0 fully saturated rings. The summed E-state index contributed by atoms with van der Waals surface area (Å²) in [5.74, 6) is -1.22. The van der Waals surface area contributed by atoms with Crippen LogP contribution in [-0.2, 0) is 11.3 Å². The number of nitrogens with zero attached hydrogens (tertiary/aromatic N) is 1. The lowest BCUT2D eigenvalue weighted by Crippen LogP contribution is -2.22. The highest BCUT2D eigenvalue weighted by Gasteiger charge is 2.10. The van der Waals surface area contributed by atoms with E-state index in [9.17, 15) is 9.59 Å². The van der Waals surface area contributed by atoms with E-state index in [1.165, 1.54) is 28.7 Å². The van der Waals surface area contributed by atoms with Crippen LogP contribution < -0.4 is 5.32 Å². The average Bonchev–Trinajstić information content (AvgIpc) is 3.02. The van der Waals surface area contributed by atoms with E-state index >= 15 is 0 Å². The number of carbonyl (C=O) groups excluding carboxylic acids is 1. The third-order valence-electron chi connectivity index (χ3n) is 2.45. The van der Waals surface area contributed by atoms with Crippen LogP contribution in [0.3, 0.4) is 0 Å². The van der Waals surface area contributed by atoms with Crippen molar-refractivity contribution >= 4 is 40.6 Å². The summed E-state index contributed by atoms with van der Waals surface area (Å²) in [5.41, 5.74) is 1.21. The van der Waals surface area contributed by atoms with Crippen molar-refractivity contribution in [2.75, 3.05) is 0 Å². The van der Waals surface area contributed by atoms with Crippen molar-refractivity contribution in [2.45, 2.75) is 13.5 Å². The first-order chi connectivity index (χ1) is 9.56. The predicted octanol–water partition coefficient (Wildman–Crippen LogP) is 2.54. The summed E-state index contributed by atoms with van der Waals surface area (Å²) in [7, 11) is 0. The number of rotatable bonds is 5. The van der Waals surface area contributed by atoms with Crippen molar-refractivity contribution in [1.29, 1.82) is 0 Å². The lowest BCUT2D eigenvalue weighted by Gasteiger charge is -2.02. The first-order valence-electron chi connectivity index (χ1n) is 5.74. The highest BCUT2D eigenvalue weighted by Crippen LogP contribution is 2.18. The Bertz CT molecular complexity index is 658. The Balaban J connectivity index is 1.99. The minimum Gasteiger partial charge on any atom is -0.478 e. The standard InChI is InChI=1S/C13H12N2O3S2/c1-8-15-10(7-20-8)13(18)14-6-11-9(4-5-19-11)2-3-12(16)17/h2-5,7H,6H2,1H3,(H,14,18)(H,16,17)/b3-2+. The van der Waals surface area contributed by atoms with Crippen LogP contribution in [0.2, 0.25) is 0 Å². The van der Waals surface area contributed by atoms with E-state index in [2.05, 4.69) is 10.3 Å². The molecule has 0 aliphatic carbocycles. The van der Waals surface area contributed by atoms with E-state index < -0.39 is 5.97 Å². The smallest absolute Gasteiger partial charge is 0.328 e. The number of carboxylic acids is 1. The molecule has 0 unspecified atom stereocenters. The minimum absolute atomic E-state index is 0.226. The van der Waals surface area contributed by atoms with Crippen LogP contribution in [0.15, 0.2) is 22.9 Å². The number of aryl methyl sites for hydroxylation is 1. The Hall–Kier alpha value is -1.99. The highest BCUT2D eigenvalue weighted by atomic mass is 32.1. The number of aliphatic carboxylic acids is 1. The van der Waals surface area contributed by atoms with Crippen LogP contribution >= 0.6 is 22.7 Å². The Morgan fingerprint density at radius 3 is 2.90 bits per heavy atom. The van der Waals surface area contributed by atoms with Crippen LogP contribution in [0.25, 0.3) is 6.08 Å². The van der Waals surface area contributed by atoms with Gasteiger partial charge in [-0.3, -0.25) is 4.79 Å². The first-order valence-corrected chi connectivity index (χ1v) is 7.50. The van der Waals surface area contributed by atoms with Crippen LogP contribution in [0.5, 0.6) is 0 Å². The Morgan fingerprint density at radius 1 is 1.45 bits per heavy atom. The van der Waals surface area contributed by atoms with Crippen LogP contribution in [0.1, 0.15) is 25.9 Å². The maximum Gasteiger partial charge on any atom is 0.328 e. The van der Waals surface area contributed by atoms with Gasteiger partial charge < -0.3 is 10.4 Å². The zero-order chi connectivity index (χ0) is 14.5. The number of nitrogens with one attached hydrogen (secondary N) is 1. The van der Waals surface area contributed by atoms with Crippen molar-refractivity contribution in [3.63, 3.8) is 0 Å². The van der Waals surface area contributed by atoms with Crippen LogP contribution in [0, 0.1) is 6.92 Å². The lowest BCUT2D eigenvalue weighted by atomic mass is 10.2. The number of carbonyl (C=O) groups is 2. The molecule has 0 saturated carbocycles. The van der Waals surface area contributed by atoms with Gasteiger partial charge in [-0.25, -0.2) is 9.78 Å². The van der Waals surface area contributed by atoms with Crippen molar-refractivity contribution in [3.8, 4) is 0 Å². The van der Waals surface area contributed by atoms with E-state index in [1.54, 1.807) is 5.38 Å². The molecule has 2 N–H and O–H groups in total. The van der Waals surface area contributed by atoms with Crippen molar-refractivity contribution in [2.24, 2.45) is 0 Å². The van der Waals surface area contributed by atoms with Crippen LogP contribution in [-0.4, -0.2) is 22.0 Å². The van der Waals surface area contributed by atoms with E-state index in [4.69, 9.17) is 5.11 Å². The molecular weight excluding hydrogens is 296 g/mol. The van der Waals surface area contributed by atoms with Gasteiger partial charge in [0, 0.05) is 16.3 Å². The molecule has 0 bridgehead atoms. The Morgan fingerprint density at radius 2 is 2.25 bits per heavy atom. The van der Waals surface area contributed by atoms with Gasteiger partial charge in [0.1, 0.15) is 5.69 Å². The Kier molecular flexibility index (Phi) is 4.65. The molecular formula is C13H12N2O3S2. The summed E-state index contributed by atoms with van der Waals surface area (Å²) in [6, 6.07) is 1.82. The fraction of sp³-hybridized carbons (Fsp3) is 0.154. The molecule has 0 aromatic carbocycles. The molecule has 2 aromatic heterocycles. The van der Waals surface area contributed by atoms with Gasteiger partial charge in [-0.05, 0) is 30.0 Å². The zero-order valence-electron chi connectivity index (χ0n) is 10.6. The van der Waals surface area contributed by atoms with Gasteiger partial charge in [0.2, 0.25) is 0 Å². The Labute approximate surface area is 123 Å². The average molecular weight is 308 g/mol. The molecule has 0 spiro atoms. The molecule has 104 valence electrons. The molecule has 2 rings (SSSR count). The second-order valence-electron chi connectivity index (χ2n) is 3.91. The maximum atomic E-state index is 11.9. The third-order valence-corrected chi connectivity index (χ3v) is 4.16. The summed E-state index contributed by atoms with van der Waals surface area (Å²) in [6.45, 7) is 2.20. The molecule has 0 aliphatic heterocycles. The molecule has 2 heterocycles. The molecule has 2 aromatic rings. The lowest BCUT2D eigenvalue weighted by molar-refractivity contribution is -0.131. The van der Waals surface area contributed by atoms with E-state index in [1.807, 2.05) is 18.4 Å². The van der Waals surface area contributed by atoms with Crippen molar-refractivity contribution < 1.29 is 14.7 Å². The number of hydrogen-bond donors (Lipinski definition) is 2. The van der Waals surface area contributed by atoms with Gasteiger partial charge in [-0.15, -0.1) is 22.7 Å². The highest BCUT2D eigenvalue weighted by molar-refractivity contribution is 7.10. The number of thiazole rings is 1. The number of aromatic nitrogens is 1. The third kappa shape index (κ3) is 3.75. The van der Waals surface area contributed by atoms with Gasteiger partial charge in [-0.2, -0.15) is 0 Å². The second kappa shape index (κ2) is 6.44. The first kappa shape index (κ1) is 14.4. The van der Waals surface area contributed by atoms with Gasteiger partial charge in [0.15, 0.2) is 0 Å². The van der Waals surface area contributed by atoms with Crippen LogP contribution in [0.4, 0.5) is 0 Å². The molecule has 1 amide bonds. The summed E-state index contributed by atoms with van der Waals surface area (Å²) in [4.78, 5) is 27.4. The van der Waals surface area contributed by atoms with Gasteiger partial charge >= 0.3 is 5.97 Å². The number of amides is 1. The van der Waals surface area contributed by atoms with Gasteiger partial charge in [-0.1, -0.05) is 0 Å². The molecule has 0 aliphatic rings. The quantitative estimate of drug-likeness (QED) is 0.832. The zero-order valence-corrected chi connectivity index (χ0v) is 12.3. The number of thiophene rings is 1. The fourth-order valence-corrected chi connectivity index (χ4v) is 2.92. The summed E-state index contributed by atoms with van der Waals surface area (Å²) in [5, 5.41) is 15.8. The molecule has 0 radical (unpaired) electrons. The SMILES string of the molecule is Cc1nc(C(=O)NCc2sccc2/C=C/C(=O)O)cs1. The van der Waals surface area contributed by atoms with Crippen molar-refractivity contribution in [3.05, 3.63) is 44.0 Å². The number of carboxylic acid groups (broad SMARTS) is 1. The predicted molar refractivity (Wildman–Crippen MR) is 79.0 cm³/mol. The molecule has 20 heavy (non-hydrogen) atoms. The maximum absolute atomic E-state index is 11.9. The van der Waals surface area contributed by atoms with Gasteiger partial charge in [0.05, 0.1) is 11.6 Å². The molecule has 7 heteroatoms. The summed E-state index contributed by atoms with van der Waals surface area (Å²) < 4.78 is 0. The normalized spacial score (nSPS) is 10.8. The van der Waals surface area contributed by atoms with Crippen molar-refractivity contribution in [1.82, 2.24) is 10.3 Å². The fourth-order valence-electron chi connectivity index (χ4n) is 1.52. The monoisotopic (exact) mass is 308 g/mol.